The summed E-state index contributed by atoms with van der Waals surface area (Å²) in [6.07, 6.45) is 4.83. The van der Waals surface area contributed by atoms with Crippen molar-refractivity contribution >= 4 is 0 Å². The smallest absolute Gasteiger partial charge is 0.156 e. The Morgan fingerprint density at radius 2 is 2.13 bits per heavy atom. The Labute approximate surface area is 90.1 Å². The number of ether oxygens (including phenoxy) is 1. The highest BCUT2D eigenvalue weighted by atomic mass is 16.5. The molecule has 1 atom stereocenters. The largest absolute Gasteiger partial charge is 0.488 e. The lowest BCUT2D eigenvalue weighted by Crippen LogP contribution is -2.11. The summed E-state index contributed by atoms with van der Waals surface area (Å²) in [5.74, 6) is 2.15. The summed E-state index contributed by atoms with van der Waals surface area (Å²) in [4.78, 5) is 8.68. The van der Waals surface area contributed by atoms with Crippen LogP contribution in [0.25, 0.3) is 0 Å². The van der Waals surface area contributed by atoms with Crippen molar-refractivity contribution in [2.45, 2.75) is 32.3 Å². The summed E-state index contributed by atoms with van der Waals surface area (Å²) in [7, 11) is 0. The van der Waals surface area contributed by atoms with Gasteiger partial charge < -0.3 is 10.1 Å². The second-order valence-corrected chi connectivity index (χ2v) is 4.13. The van der Waals surface area contributed by atoms with Crippen molar-refractivity contribution in [2.24, 2.45) is 0 Å². The summed E-state index contributed by atoms with van der Waals surface area (Å²) in [6.45, 7) is 6.05. The molecule has 1 N–H and O–H groups in total. The monoisotopic (exact) mass is 207 g/mol. The maximum Gasteiger partial charge on any atom is 0.156 e. The number of nitrogens with one attached hydrogen (secondary N) is 1. The summed E-state index contributed by atoms with van der Waals surface area (Å²) >= 11 is 0. The van der Waals surface area contributed by atoms with E-state index in [1.165, 1.54) is 0 Å². The van der Waals surface area contributed by atoms with E-state index in [9.17, 15) is 0 Å². The zero-order valence-corrected chi connectivity index (χ0v) is 9.23. The van der Waals surface area contributed by atoms with Crippen molar-refractivity contribution in [2.75, 3.05) is 13.1 Å². The van der Waals surface area contributed by atoms with Crippen molar-refractivity contribution < 1.29 is 4.74 Å². The fourth-order valence-electron chi connectivity index (χ4n) is 1.75. The van der Waals surface area contributed by atoms with Gasteiger partial charge in [0.2, 0.25) is 0 Å². The van der Waals surface area contributed by atoms with Crippen LogP contribution in [0, 0.1) is 0 Å². The molecule has 1 fully saturated rings. The van der Waals surface area contributed by atoms with Crippen LogP contribution >= 0.6 is 0 Å². The molecule has 1 aliphatic rings. The molecule has 82 valence electrons. The highest BCUT2D eigenvalue weighted by molar-refractivity contribution is 5.14. The van der Waals surface area contributed by atoms with Gasteiger partial charge in [-0.15, -0.1) is 0 Å². The van der Waals surface area contributed by atoms with Crippen LogP contribution in [-0.4, -0.2) is 29.2 Å². The molecule has 1 aromatic rings. The molecule has 0 amide bonds. The molecule has 1 saturated heterocycles. The van der Waals surface area contributed by atoms with E-state index < -0.39 is 0 Å². The molecule has 0 aromatic carbocycles. The topological polar surface area (TPSA) is 47.0 Å². The fourth-order valence-corrected chi connectivity index (χ4v) is 1.75. The predicted molar refractivity (Wildman–Crippen MR) is 58.0 cm³/mol. The van der Waals surface area contributed by atoms with E-state index in [1.807, 2.05) is 13.8 Å². The molecular formula is C11H17N3O. The number of aromatic nitrogens is 2. The van der Waals surface area contributed by atoms with Gasteiger partial charge >= 0.3 is 0 Å². The van der Waals surface area contributed by atoms with Gasteiger partial charge in [-0.1, -0.05) is 0 Å². The minimum Gasteiger partial charge on any atom is -0.488 e. The average Bonchev–Trinajstić information content (AvgIpc) is 2.71. The Morgan fingerprint density at radius 3 is 2.67 bits per heavy atom. The second kappa shape index (κ2) is 4.57. The lowest BCUT2D eigenvalue weighted by Gasteiger charge is -2.10. The van der Waals surface area contributed by atoms with E-state index in [0.717, 1.165) is 31.1 Å². The minimum atomic E-state index is 0.174. The molecule has 0 bridgehead atoms. The van der Waals surface area contributed by atoms with E-state index in [0.29, 0.717) is 5.92 Å². The molecule has 4 nitrogen and oxygen atoms in total. The number of hydrogen-bond donors (Lipinski definition) is 1. The van der Waals surface area contributed by atoms with Crippen molar-refractivity contribution in [3.63, 3.8) is 0 Å². The summed E-state index contributed by atoms with van der Waals surface area (Å²) in [5, 5.41) is 3.31. The molecule has 2 rings (SSSR count). The molecule has 0 saturated carbocycles. The van der Waals surface area contributed by atoms with E-state index in [4.69, 9.17) is 4.74 Å². The third-order valence-corrected chi connectivity index (χ3v) is 2.45. The van der Waals surface area contributed by atoms with Crippen molar-refractivity contribution in [1.29, 1.82) is 0 Å². The van der Waals surface area contributed by atoms with Gasteiger partial charge in [-0.2, -0.15) is 0 Å². The summed E-state index contributed by atoms with van der Waals surface area (Å²) in [5.41, 5.74) is 0. The first-order chi connectivity index (χ1) is 7.25. The first-order valence-electron chi connectivity index (χ1n) is 5.45. The molecule has 2 heterocycles. The van der Waals surface area contributed by atoms with Gasteiger partial charge in [-0.05, 0) is 26.8 Å². The van der Waals surface area contributed by atoms with Crippen LogP contribution in [0.4, 0.5) is 0 Å². The molecule has 0 spiro atoms. The molecule has 15 heavy (non-hydrogen) atoms. The lowest BCUT2D eigenvalue weighted by molar-refractivity contribution is 0.240. The van der Waals surface area contributed by atoms with Crippen LogP contribution in [0.1, 0.15) is 32.0 Å². The van der Waals surface area contributed by atoms with E-state index in [-0.39, 0.29) is 6.10 Å². The van der Waals surface area contributed by atoms with E-state index in [1.54, 1.807) is 12.4 Å². The Kier molecular flexibility index (Phi) is 3.16. The molecule has 0 aliphatic carbocycles. The zero-order chi connectivity index (χ0) is 10.7. The quantitative estimate of drug-likeness (QED) is 0.812. The number of hydrogen-bond acceptors (Lipinski definition) is 4. The van der Waals surface area contributed by atoms with E-state index in [2.05, 4.69) is 15.3 Å². The average molecular weight is 207 g/mol. The Morgan fingerprint density at radius 1 is 1.40 bits per heavy atom. The molecule has 0 radical (unpaired) electrons. The normalized spacial score (nSPS) is 20.9. The van der Waals surface area contributed by atoms with Crippen LogP contribution in [0.5, 0.6) is 5.75 Å². The lowest BCUT2D eigenvalue weighted by atomic mass is 10.1. The molecule has 1 aromatic heterocycles. The Balaban J connectivity index is 2.03. The third kappa shape index (κ3) is 2.65. The van der Waals surface area contributed by atoms with Crippen LogP contribution in [0.2, 0.25) is 0 Å². The van der Waals surface area contributed by atoms with Crippen molar-refractivity contribution in [3.8, 4) is 5.75 Å². The van der Waals surface area contributed by atoms with Gasteiger partial charge in [-0.25, -0.2) is 9.97 Å². The van der Waals surface area contributed by atoms with Crippen LogP contribution in [-0.2, 0) is 0 Å². The maximum atomic E-state index is 5.49. The minimum absolute atomic E-state index is 0.174. The zero-order valence-electron chi connectivity index (χ0n) is 9.23. The number of nitrogens with zero attached hydrogens (tertiary/aromatic N) is 2. The van der Waals surface area contributed by atoms with Gasteiger partial charge in [-0.3, -0.25) is 0 Å². The van der Waals surface area contributed by atoms with Crippen molar-refractivity contribution in [1.82, 2.24) is 15.3 Å². The van der Waals surface area contributed by atoms with Crippen LogP contribution in [0.15, 0.2) is 12.4 Å². The van der Waals surface area contributed by atoms with Crippen LogP contribution in [0.3, 0.4) is 0 Å². The highest BCUT2D eigenvalue weighted by Crippen LogP contribution is 2.19. The second-order valence-electron chi connectivity index (χ2n) is 4.13. The summed E-state index contributed by atoms with van der Waals surface area (Å²) < 4.78 is 5.49. The Bertz CT molecular complexity index is 304. The van der Waals surface area contributed by atoms with Gasteiger partial charge in [0, 0.05) is 12.5 Å². The standard InChI is InChI=1S/C11H17N3O/c1-8(2)15-10-6-13-11(14-7-10)9-3-4-12-5-9/h6-9,12H,3-5H2,1-2H3. The molecule has 4 heteroatoms. The van der Waals surface area contributed by atoms with Crippen LogP contribution < -0.4 is 10.1 Å². The fraction of sp³-hybridized carbons (Fsp3) is 0.636. The summed E-state index contributed by atoms with van der Waals surface area (Å²) in [6, 6.07) is 0. The molecule has 1 unspecified atom stereocenters. The highest BCUT2D eigenvalue weighted by Gasteiger charge is 2.18. The number of rotatable bonds is 3. The first-order valence-corrected chi connectivity index (χ1v) is 5.45. The van der Waals surface area contributed by atoms with Gasteiger partial charge in [0.1, 0.15) is 5.82 Å². The SMILES string of the molecule is CC(C)Oc1cnc(C2CCNC2)nc1. The Hall–Kier alpha value is -1.16. The predicted octanol–water partition coefficient (Wildman–Crippen LogP) is 1.34. The van der Waals surface area contributed by atoms with Gasteiger partial charge in [0.25, 0.3) is 0 Å². The van der Waals surface area contributed by atoms with Gasteiger partial charge in [0.15, 0.2) is 5.75 Å². The van der Waals surface area contributed by atoms with Crippen molar-refractivity contribution in [3.05, 3.63) is 18.2 Å². The molecule has 1 aliphatic heterocycles. The molecular weight excluding hydrogens is 190 g/mol. The van der Waals surface area contributed by atoms with E-state index >= 15 is 0 Å². The third-order valence-electron chi connectivity index (χ3n) is 2.45. The first kappa shape index (κ1) is 10.4. The van der Waals surface area contributed by atoms with Gasteiger partial charge in [0.05, 0.1) is 18.5 Å². The maximum absolute atomic E-state index is 5.49.